The van der Waals surface area contributed by atoms with Gasteiger partial charge in [0, 0.05) is 43.3 Å². The van der Waals surface area contributed by atoms with Crippen molar-refractivity contribution in [2.24, 2.45) is 5.92 Å². The summed E-state index contributed by atoms with van der Waals surface area (Å²) in [6, 6.07) is 13.9. The molecule has 0 spiro atoms. The quantitative estimate of drug-likeness (QED) is 0.626. The molecule has 1 saturated heterocycles. The van der Waals surface area contributed by atoms with Crippen molar-refractivity contribution in [3.8, 4) is 10.6 Å². The molecule has 0 saturated carbocycles. The fraction of sp³-hybridized carbons (Fsp3) is 0.400. The highest BCUT2D eigenvalue weighted by Crippen LogP contribution is 2.31. The van der Waals surface area contributed by atoms with Crippen molar-refractivity contribution in [1.82, 2.24) is 14.8 Å². The van der Waals surface area contributed by atoms with Crippen molar-refractivity contribution < 1.29 is 9.59 Å². The van der Waals surface area contributed by atoms with Gasteiger partial charge in [-0.25, -0.2) is 4.98 Å². The predicted molar refractivity (Wildman–Crippen MR) is 131 cm³/mol. The van der Waals surface area contributed by atoms with Gasteiger partial charge in [0.1, 0.15) is 5.01 Å². The average molecular weight is 451 g/mol. The van der Waals surface area contributed by atoms with Crippen molar-refractivity contribution in [3.63, 3.8) is 0 Å². The molecule has 0 bridgehead atoms. The number of nitrogens with zero attached hydrogens (tertiary/aromatic N) is 3. The molecule has 3 aromatic rings. The SMILES string of the molecule is Cc1ccc2nc(-c3ccc(NC(=O)C(C)N4CCN(C(=O)C(C)C)CC4)cc3)sc2c1. The van der Waals surface area contributed by atoms with Crippen LogP contribution in [0.3, 0.4) is 0 Å². The molecule has 1 aromatic heterocycles. The molecule has 6 nitrogen and oxygen atoms in total. The van der Waals surface area contributed by atoms with E-state index in [4.69, 9.17) is 4.98 Å². The lowest BCUT2D eigenvalue weighted by Crippen LogP contribution is -2.54. The van der Waals surface area contributed by atoms with Crippen LogP contribution < -0.4 is 5.32 Å². The van der Waals surface area contributed by atoms with Crippen LogP contribution in [0, 0.1) is 12.8 Å². The number of rotatable bonds is 5. The van der Waals surface area contributed by atoms with Gasteiger partial charge in [0.05, 0.1) is 16.3 Å². The minimum Gasteiger partial charge on any atom is -0.340 e. The van der Waals surface area contributed by atoms with Crippen LogP contribution in [0.2, 0.25) is 0 Å². The number of anilines is 1. The minimum atomic E-state index is -0.251. The normalized spacial score (nSPS) is 15.8. The number of hydrogen-bond acceptors (Lipinski definition) is 5. The molecular weight excluding hydrogens is 420 g/mol. The first-order valence-corrected chi connectivity index (χ1v) is 11.9. The summed E-state index contributed by atoms with van der Waals surface area (Å²) in [5.41, 5.74) is 4.06. The van der Waals surface area contributed by atoms with Crippen LogP contribution in [0.5, 0.6) is 0 Å². The van der Waals surface area contributed by atoms with Gasteiger partial charge >= 0.3 is 0 Å². The number of hydrogen-bond donors (Lipinski definition) is 1. The van der Waals surface area contributed by atoms with Crippen LogP contribution in [0.1, 0.15) is 26.3 Å². The minimum absolute atomic E-state index is 0.0112. The van der Waals surface area contributed by atoms with Gasteiger partial charge in [-0.1, -0.05) is 19.9 Å². The molecule has 7 heteroatoms. The first-order chi connectivity index (χ1) is 15.3. The van der Waals surface area contributed by atoms with Gasteiger partial charge in [0.15, 0.2) is 0 Å². The average Bonchev–Trinajstić information content (AvgIpc) is 3.21. The molecule has 1 unspecified atom stereocenters. The van der Waals surface area contributed by atoms with E-state index in [2.05, 4.69) is 35.3 Å². The van der Waals surface area contributed by atoms with Gasteiger partial charge in [-0.2, -0.15) is 0 Å². The van der Waals surface area contributed by atoms with Crippen LogP contribution in [-0.2, 0) is 9.59 Å². The Hall–Kier alpha value is -2.77. The van der Waals surface area contributed by atoms with Gasteiger partial charge in [0.2, 0.25) is 11.8 Å². The topological polar surface area (TPSA) is 65.5 Å². The van der Waals surface area contributed by atoms with Gasteiger partial charge in [-0.05, 0) is 55.8 Å². The molecule has 2 amide bonds. The summed E-state index contributed by atoms with van der Waals surface area (Å²) in [7, 11) is 0. The number of aryl methyl sites for hydroxylation is 1. The Balaban J connectivity index is 1.35. The monoisotopic (exact) mass is 450 g/mol. The molecule has 2 heterocycles. The number of thiazole rings is 1. The molecule has 168 valence electrons. The van der Waals surface area contributed by atoms with Crippen LogP contribution in [0.4, 0.5) is 5.69 Å². The Labute approximate surface area is 193 Å². The standard InChI is InChI=1S/C25H30N4O2S/c1-16(2)25(31)29-13-11-28(12-14-29)18(4)23(30)26-20-8-6-19(7-9-20)24-27-21-10-5-17(3)15-22(21)32-24/h5-10,15-16,18H,11-14H2,1-4H3,(H,26,30). The smallest absolute Gasteiger partial charge is 0.241 e. The lowest BCUT2D eigenvalue weighted by molar-refractivity contribution is -0.136. The van der Waals surface area contributed by atoms with Gasteiger partial charge in [-0.15, -0.1) is 11.3 Å². The number of amides is 2. The van der Waals surface area contributed by atoms with E-state index in [1.165, 1.54) is 10.3 Å². The van der Waals surface area contributed by atoms with Crippen LogP contribution >= 0.6 is 11.3 Å². The maximum atomic E-state index is 12.8. The third kappa shape index (κ3) is 4.84. The summed E-state index contributed by atoms with van der Waals surface area (Å²) in [6.45, 7) is 10.6. The van der Waals surface area contributed by atoms with Crippen molar-refractivity contribution in [3.05, 3.63) is 48.0 Å². The maximum absolute atomic E-state index is 12.8. The molecule has 1 N–H and O–H groups in total. The lowest BCUT2D eigenvalue weighted by Gasteiger charge is -2.38. The van der Waals surface area contributed by atoms with Crippen molar-refractivity contribution >= 4 is 39.1 Å². The van der Waals surface area contributed by atoms with E-state index in [0.717, 1.165) is 21.8 Å². The molecule has 4 rings (SSSR count). The highest BCUT2D eigenvalue weighted by molar-refractivity contribution is 7.21. The third-order valence-electron chi connectivity index (χ3n) is 5.99. The van der Waals surface area contributed by atoms with Crippen LogP contribution in [-0.4, -0.2) is 58.8 Å². The molecule has 2 aromatic carbocycles. The molecule has 0 aliphatic carbocycles. The highest BCUT2D eigenvalue weighted by Gasteiger charge is 2.28. The van der Waals surface area contributed by atoms with E-state index in [1.54, 1.807) is 11.3 Å². The van der Waals surface area contributed by atoms with E-state index in [0.29, 0.717) is 26.2 Å². The number of piperazine rings is 1. The molecule has 1 aliphatic rings. The predicted octanol–water partition coefficient (Wildman–Crippen LogP) is 4.40. The van der Waals surface area contributed by atoms with E-state index in [9.17, 15) is 9.59 Å². The Morgan fingerprint density at radius 3 is 2.34 bits per heavy atom. The molecule has 1 aliphatic heterocycles. The molecule has 1 fully saturated rings. The van der Waals surface area contributed by atoms with Crippen molar-refractivity contribution in [2.45, 2.75) is 33.7 Å². The second-order valence-corrected chi connectivity index (χ2v) is 9.78. The maximum Gasteiger partial charge on any atom is 0.241 e. The van der Waals surface area contributed by atoms with Gasteiger partial charge < -0.3 is 10.2 Å². The number of fused-ring (bicyclic) bond motifs is 1. The van der Waals surface area contributed by atoms with Gasteiger partial charge in [0.25, 0.3) is 0 Å². The molecule has 0 radical (unpaired) electrons. The zero-order valence-electron chi connectivity index (χ0n) is 19.1. The Bertz CT molecular complexity index is 1110. The van der Waals surface area contributed by atoms with Crippen molar-refractivity contribution in [1.29, 1.82) is 0 Å². The van der Waals surface area contributed by atoms with E-state index in [-0.39, 0.29) is 23.8 Å². The molecule has 32 heavy (non-hydrogen) atoms. The molecular formula is C25H30N4O2S. The van der Waals surface area contributed by atoms with Crippen LogP contribution in [0.25, 0.3) is 20.8 Å². The largest absolute Gasteiger partial charge is 0.340 e. The van der Waals surface area contributed by atoms with E-state index < -0.39 is 0 Å². The first kappa shape index (κ1) is 22.4. The highest BCUT2D eigenvalue weighted by atomic mass is 32.1. The van der Waals surface area contributed by atoms with Gasteiger partial charge in [-0.3, -0.25) is 14.5 Å². The van der Waals surface area contributed by atoms with E-state index >= 15 is 0 Å². The summed E-state index contributed by atoms with van der Waals surface area (Å²) in [5.74, 6) is 0.166. The fourth-order valence-corrected chi connectivity index (χ4v) is 5.03. The first-order valence-electron chi connectivity index (χ1n) is 11.1. The summed E-state index contributed by atoms with van der Waals surface area (Å²) in [6.07, 6.45) is 0. The fourth-order valence-electron chi connectivity index (χ4n) is 3.96. The number of aromatic nitrogens is 1. The second-order valence-electron chi connectivity index (χ2n) is 8.75. The summed E-state index contributed by atoms with van der Waals surface area (Å²) >= 11 is 1.68. The molecule has 1 atom stereocenters. The Morgan fingerprint density at radius 2 is 1.69 bits per heavy atom. The second kappa shape index (κ2) is 9.38. The number of carbonyl (C=O) groups excluding carboxylic acids is 2. The summed E-state index contributed by atoms with van der Waals surface area (Å²) in [4.78, 5) is 33.7. The Kier molecular flexibility index (Phi) is 6.58. The van der Waals surface area contributed by atoms with Crippen LogP contribution in [0.15, 0.2) is 42.5 Å². The summed E-state index contributed by atoms with van der Waals surface area (Å²) in [5, 5.41) is 4.00. The lowest BCUT2D eigenvalue weighted by atomic mass is 10.1. The third-order valence-corrected chi connectivity index (χ3v) is 7.06. The summed E-state index contributed by atoms with van der Waals surface area (Å²) < 4.78 is 1.18. The number of nitrogens with one attached hydrogen (secondary N) is 1. The van der Waals surface area contributed by atoms with E-state index in [1.807, 2.05) is 49.9 Å². The number of carbonyl (C=O) groups is 2. The zero-order valence-corrected chi connectivity index (χ0v) is 19.9. The van der Waals surface area contributed by atoms with Crippen molar-refractivity contribution in [2.75, 3.05) is 31.5 Å². The Morgan fingerprint density at radius 1 is 1.00 bits per heavy atom. The zero-order chi connectivity index (χ0) is 22.8. The number of benzene rings is 2.